The average molecular weight is 457 g/mol. The Hall–Kier alpha value is -3.81. The molecule has 0 bridgehead atoms. The first-order chi connectivity index (χ1) is 16.0. The van der Waals surface area contributed by atoms with Gasteiger partial charge in [-0.2, -0.15) is 10.5 Å². The van der Waals surface area contributed by atoms with Gasteiger partial charge in [0.2, 0.25) is 0 Å². The molecule has 0 fully saturated rings. The molecule has 33 heavy (non-hydrogen) atoms. The van der Waals surface area contributed by atoms with Crippen molar-refractivity contribution in [2.24, 2.45) is 0 Å². The molecule has 0 atom stereocenters. The molecule has 1 aliphatic carbocycles. The first-order valence-electron chi connectivity index (χ1n) is 10.8. The van der Waals surface area contributed by atoms with Gasteiger partial charge >= 0.3 is 0 Å². The highest BCUT2D eigenvalue weighted by Gasteiger charge is 2.24. The molecule has 0 saturated carbocycles. The zero-order valence-electron chi connectivity index (χ0n) is 18.9. The number of hydrogen-bond donors (Lipinski definition) is 1. The van der Waals surface area contributed by atoms with Gasteiger partial charge in [-0.1, -0.05) is 0 Å². The number of aryl methyl sites for hydroxylation is 2. The second-order valence-electron chi connectivity index (χ2n) is 8.02. The number of nitrogens with zero attached hydrogens (tertiary/aromatic N) is 3. The van der Waals surface area contributed by atoms with Crippen LogP contribution in [0.3, 0.4) is 0 Å². The predicted molar refractivity (Wildman–Crippen MR) is 130 cm³/mol. The van der Waals surface area contributed by atoms with Crippen molar-refractivity contribution >= 4 is 29.0 Å². The number of carbonyl (C=O) groups excluding carboxylic acids is 1. The summed E-state index contributed by atoms with van der Waals surface area (Å²) < 4.78 is 7.20. The lowest BCUT2D eigenvalue weighted by molar-refractivity contribution is -0.112. The molecule has 2 aromatic heterocycles. The number of hydrogen-bond acceptors (Lipinski definition) is 5. The molecule has 2 heterocycles. The fraction of sp³-hybridized carbons (Fsp3) is 0.269. The molecule has 4 rings (SSSR count). The predicted octanol–water partition coefficient (Wildman–Crippen LogP) is 5.46. The van der Waals surface area contributed by atoms with E-state index in [1.807, 2.05) is 26.0 Å². The first kappa shape index (κ1) is 22.4. The molecule has 0 saturated heterocycles. The highest BCUT2D eigenvalue weighted by Crippen LogP contribution is 2.38. The van der Waals surface area contributed by atoms with Gasteiger partial charge in [0.15, 0.2) is 0 Å². The average Bonchev–Trinajstić information content (AvgIpc) is 3.33. The minimum absolute atomic E-state index is 0.0112. The van der Waals surface area contributed by atoms with Crippen molar-refractivity contribution in [3.63, 3.8) is 0 Å². The number of aromatic nitrogens is 1. The van der Waals surface area contributed by atoms with E-state index in [1.165, 1.54) is 10.4 Å². The van der Waals surface area contributed by atoms with E-state index in [2.05, 4.69) is 16.0 Å². The Morgan fingerprint density at radius 3 is 2.58 bits per heavy atom. The van der Waals surface area contributed by atoms with Crippen LogP contribution >= 0.6 is 11.3 Å². The molecule has 6 nitrogen and oxygen atoms in total. The maximum Gasteiger partial charge on any atom is 0.266 e. The maximum atomic E-state index is 12.7. The summed E-state index contributed by atoms with van der Waals surface area (Å²) in [6.45, 7) is 3.93. The molecule has 166 valence electrons. The van der Waals surface area contributed by atoms with Gasteiger partial charge in [-0.15, -0.1) is 11.3 Å². The van der Waals surface area contributed by atoms with Crippen LogP contribution in [0.2, 0.25) is 0 Å². The summed E-state index contributed by atoms with van der Waals surface area (Å²) in [6, 6.07) is 13.3. The number of rotatable bonds is 5. The van der Waals surface area contributed by atoms with Gasteiger partial charge in [-0.05, 0) is 87.1 Å². The molecule has 1 aromatic carbocycles. The molecular formula is C26H24N4O2S. The third-order valence-electron chi connectivity index (χ3n) is 5.95. The van der Waals surface area contributed by atoms with Crippen molar-refractivity contribution < 1.29 is 9.53 Å². The summed E-state index contributed by atoms with van der Waals surface area (Å²) in [4.78, 5) is 14.0. The normalized spacial score (nSPS) is 13.1. The van der Waals surface area contributed by atoms with Crippen LogP contribution in [0.1, 0.15) is 45.8 Å². The number of amides is 1. The molecule has 1 amide bonds. The molecule has 7 heteroatoms. The first-order valence-corrected chi connectivity index (χ1v) is 11.6. The quantitative estimate of drug-likeness (QED) is 0.408. The van der Waals surface area contributed by atoms with Crippen LogP contribution in [0, 0.1) is 36.5 Å². The zero-order chi connectivity index (χ0) is 23.5. The molecule has 1 N–H and O–H groups in total. The monoisotopic (exact) mass is 456 g/mol. The van der Waals surface area contributed by atoms with Crippen LogP contribution in [0.25, 0.3) is 11.1 Å². The Bertz CT molecular complexity index is 1330. The molecule has 1 aliphatic rings. The summed E-state index contributed by atoms with van der Waals surface area (Å²) in [5, 5.41) is 23.2. The lowest BCUT2D eigenvalue weighted by atomic mass is 9.96. The number of fused-ring (bicyclic) bond motifs is 1. The highest BCUT2D eigenvalue weighted by atomic mass is 32.1. The number of nitrogens with one attached hydrogen (secondary N) is 1. The van der Waals surface area contributed by atoms with Crippen LogP contribution in [-0.4, -0.2) is 17.6 Å². The Kier molecular flexibility index (Phi) is 6.35. The molecule has 3 aromatic rings. The smallest absolute Gasteiger partial charge is 0.266 e. The molecule has 0 radical (unpaired) electrons. The number of thiophene rings is 1. The number of benzene rings is 1. The number of methoxy groups -OCH3 is 1. The van der Waals surface area contributed by atoms with Crippen LogP contribution in [0.4, 0.5) is 5.69 Å². The molecule has 0 spiro atoms. The summed E-state index contributed by atoms with van der Waals surface area (Å²) in [5.41, 5.74) is 5.17. The van der Waals surface area contributed by atoms with Gasteiger partial charge in [0.25, 0.3) is 5.91 Å². The van der Waals surface area contributed by atoms with Gasteiger partial charge in [-0.3, -0.25) is 4.79 Å². The number of anilines is 1. The second kappa shape index (κ2) is 9.36. The number of nitriles is 2. The van der Waals surface area contributed by atoms with Gasteiger partial charge in [0, 0.05) is 22.0 Å². The van der Waals surface area contributed by atoms with E-state index in [1.54, 1.807) is 48.8 Å². The Morgan fingerprint density at radius 2 is 1.91 bits per heavy atom. The number of ether oxygens (including phenoxy) is 1. The van der Waals surface area contributed by atoms with Gasteiger partial charge in [0.05, 0.1) is 12.7 Å². The van der Waals surface area contributed by atoms with Gasteiger partial charge in [0.1, 0.15) is 28.5 Å². The maximum absolute atomic E-state index is 12.7. The van der Waals surface area contributed by atoms with E-state index in [0.717, 1.165) is 53.2 Å². The largest absolute Gasteiger partial charge is 0.497 e. The van der Waals surface area contributed by atoms with E-state index in [9.17, 15) is 15.3 Å². The van der Waals surface area contributed by atoms with Crippen LogP contribution in [0.15, 0.2) is 35.9 Å². The topological polar surface area (TPSA) is 90.8 Å². The summed E-state index contributed by atoms with van der Waals surface area (Å²) in [6.07, 6.45) is 5.85. The van der Waals surface area contributed by atoms with Crippen LogP contribution in [-0.2, 0) is 17.6 Å². The SMILES string of the molecule is COc1ccc(NC(=O)/C(C#N)=C\c2cc(C)n(-c3sc4c(c3C#N)CCCC4)c2C)cc1. The van der Waals surface area contributed by atoms with Crippen molar-refractivity contribution in [3.05, 3.63) is 68.9 Å². The fourth-order valence-electron chi connectivity index (χ4n) is 4.25. The van der Waals surface area contributed by atoms with Crippen molar-refractivity contribution in [3.8, 4) is 22.9 Å². The Balaban J connectivity index is 1.67. The van der Waals surface area contributed by atoms with Crippen LogP contribution < -0.4 is 10.1 Å². The summed E-state index contributed by atoms with van der Waals surface area (Å²) >= 11 is 1.68. The van der Waals surface area contributed by atoms with Gasteiger partial charge in [-0.25, -0.2) is 0 Å². The minimum Gasteiger partial charge on any atom is -0.497 e. The molecule has 0 unspecified atom stereocenters. The summed E-state index contributed by atoms with van der Waals surface area (Å²) in [5.74, 6) is 0.209. The lowest BCUT2D eigenvalue weighted by Gasteiger charge is -2.10. The third-order valence-corrected chi connectivity index (χ3v) is 7.23. The van der Waals surface area contributed by atoms with Crippen molar-refractivity contribution in [1.29, 1.82) is 10.5 Å². The van der Waals surface area contributed by atoms with Crippen molar-refractivity contribution in [2.45, 2.75) is 39.5 Å². The summed E-state index contributed by atoms with van der Waals surface area (Å²) in [7, 11) is 1.57. The fourth-order valence-corrected chi connectivity index (χ4v) is 5.70. The molecule has 0 aliphatic heterocycles. The standard InChI is InChI=1S/C26H24N4O2S/c1-16-12-18(13-19(14-27)25(31)29-20-8-10-21(32-3)11-9-20)17(2)30(16)26-23(15-28)22-6-4-5-7-24(22)33-26/h8-13H,4-7H2,1-3H3,(H,29,31)/b19-13-. The van der Waals surface area contributed by atoms with Crippen molar-refractivity contribution in [2.75, 3.05) is 12.4 Å². The number of carbonyl (C=O) groups is 1. The molecular weight excluding hydrogens is 432 g/mol. The lowest BCUT2D eigenvalue weighted by Crippen LogP contribution is -2.13. The van der Waals surface area contributed by atoms with E-state index in [0.29, 0.717) is 11.4 Å². The van der Waals surface area contributed by atoms with Crippen LogP contribution in [0.5, 0.6) is 5.75 Å². The van der Waals surface area contributed by atoms with Gasteiger partial charge < -0.3 is 14.6 Å². The minimum atomic E-state index is -0.475. The highest BCUT2D eigenvalue weighted by molar-refractivity contribution is 7.15. The Morgan fingerprint density at radius 1 is 1.18 bits per heavy atom. The van der Waals surface area contributed by atoms with E-state index >= 15 is 0 Å². The Labute approximate surface area is 197 Å². The van der Waals surface area contributed by atoms with E-state index in [-0.39, 0.29) is 5.57 Å². The van der Waals surface area contributed by atoms with E-state index in [4.69, 9.17) is 4.74 Å². The second-order valence-corrected chi connectivity index (χ2v) is 9.10. The zero-order valence-corrected chi connectivity index (χ0v) is 19.7. The van der Waals surface area contributed by atoms with E-state index < -0.39 is 5.91 Å². The third kappa shape index (κ3) is 4.28. The van der Waals surface area contributed by atoms with Crippen molar-refractivity contribution in [1.82, 2.24) is 4.57 Å².